The average molecular weight is 612 g/mol. The molecule has 0 amide bonds. The van der Waals surface area contributed by atoms with E-state index in [2.05, 4.69) is 16.7 Å². The molecule has 0 aliphatic carbocycles. The number of aryl methyl sites for hydroxylation is 2. The number of hydrogen-bond acceptors (Lipinski definition) is 5. The van der Waals surface area contributed by atoms with E-state index < -0.39 is 17.5 Å². The number of nitrogens with zero attached hydrogens (tertiary/aromatic N) is 1. The number of halogens is 4. The number of methoxy groups -OCH3 is 1. The van der Waals surface area contributed by atoms with E-state index in [1.54, 1.807) is 6.07 Å². The smallest absolute Gasteiger partial charge is 0.416 e. The first-order valence-electron chi connectivity index (χ1n) is 12.4. The second-order valence-corrected chi connectivity index (χ2v) is 9.57. The van der Waals surface area contributed by atoms with Gasteiger partial charge < -0.3 is 35.9 Å². The molecule has 0 bridgehead atoms. The standard InChI is InChI=1S/C30H21F3NO5.BrH/c1-36-24-9-8-19-20-6-7-21-26-17(12-25-28(21)39-15-38-25)10-11-34(27(20)26)13-22(19)29(24)37-14-23(35)16-2-4-18(5-3-16)30(31,32)33;/h2-9,12-13H,10-11,14-15H2,1H3;1H/q+1;/p-1. The molecule has 3 heterocycles. The fourth-order valence-electron chi connectivity index (χ4n) is 5.61. The summed E-state index contributed by atoms with van der Waals surface area (Å²) < 4.78 is 63.9. The van der Waals surface area contributed by atoms with Gasteiger partial charge in [0.05, 0.1) is 28.8 Å². The minimum absolute atomic E-state index is 0. The normalized spacial score (nSPS) is 13.6. The molecule has 0 saturated heterocycles. The molecule has 7 rings (SSSR count). The maximum Gasteiger partial charge on any atom is 0.416 e. The molecule has 0 radical (unpaired) electrons. The second kappa shape index (κ2) is 9.55. The first-order chi connectivity index (χ1) is 18.8. The lowest BCUT2D eigenvalue weighted by Gasteiger charge is -2.18. The molecule has 6 nitrogen and oxygen atoms in total. The van der Waals surface area contributed by atoms with E-state index in [1.807, 2.05) is 18.3 Å². The predicted molar refractivity (Wildman–Crippen MR) is 137 cm³/mol. The number of pyridine rings is 1. The number of Topliss-reactive ketones (excluding diaryl/α,β-unsaturated/α-hetero) is 1. The topological polar surface area (TPSA) is 57.9 Å². The molecule has 204 valence electrons. The predicted octanol–water partition coefficient (Wildman–Crippen LogP) is 3.01. The molecule has 0 saturated carbocycles. The van der Waals surface area contributed by atoms with Crippen LogP contribution in [0.4, 0.5) is 13.2 Å². The molecule has 0 fully saturated rings. The highest BCUT2D eigenvalue weighted by molar-refractivity contribution is 6.17. The van der Waals surface area contributed by atoms with Crippen LogP contribution in [-0.4, -0.2) is 26.3 Å². The highest BCUT2D eigenvalue weighted by Gasteiger charge is 2.31. The third kappa shape index (κ3) is 4.00. The lowest BCUT2D eigenvalue weighted by molar-refractivity contribution is -0.670. The van der Waals surface area contributed by atoms with E-state index in [0.29, 0.717) is 11.5 Å². The summed E-state index contributed by atoms with van der Waals surface area (Å²) in [6.07, 6.45) is -1.66. The van der Waals surface area contributed by atoms with Crippen molar-refractivity contribution in [3.63, 3.8) is 0 Å². The van der Waals surface area contributed by atoms with Crippen molar-refractivity contribution in [3.8, 4) is 23.0 Å². The van der Waals surface area contributed by atoms with Gasteiger partial charge in [0.25, 0.3) is 0 Å². The second-order valence-electron chi connectivity index (χ2n) is 9.57. The van der Waals surface area contributed by atoms with Gasteiger partial charge in [0, 0.05) is 22.8 Å². The maximum atomic E-state index is 12.9. The molecule has 40 heavy (non-hydrogen) atoms. The molecule has 0 spiro atoms. The summed E-state index contributed by atoms with van der Waals surface area (Å²) in [6.45, 7) is 0.582. The van der Waals surface area contributed by atoms with E-state index in [-0.39, 0.29) is 35.9 Å². The fraction of sp³-hybridized carbons (Fsp3) is 0.200. The molecule has 2 aliphatic heterocycles. The Morgan fingerprint density at radius 2 is 1.73 bits per heavy atom. The van der Waals surface area contributed by atoms with E-state index in [9.17, 15) is 18.0 Å². The Balaban J connectivity index is 0.00000289. The molecule has 0 atom stereocenters. The van der Waals surface area contributed by atoms with Crippen molar-refractivity contribution in [2.45, 2.75) is 19.1 Å². The molecule has 0 N–H and O–H groups in total. The number of ether oxygens (including phenoxy) is 4. The fourth-order valence-corrected chi connectivity index (χ4v) is 5.61. The summed E-state index contributed by atoms with van der Waals surface area (Å²) in [4.78, 5) is 12.8. The summed E-state index contributed by atoms with van der Waals surface area (Å²) >= 11 is 0. The van der Waals surface area contributed by atoms with E-state index >= 15 is 0 Å². The molecule has 0 unspecified atom stereocenters. The third-order valence-electron chi connectivity index (χ3n) is 7.44. The van der Waals surface area contributed by atoms with E-state index in [4.69, 9.17) is 18.9 Å². The average Bonchev–Trinajstić information content (AvgIpc) is 3.42. The lowest BCUT2D eigenvalue weighted by Crippen LogP contribution is -3.00. The number of hydrogen-bond donors (Lipinski definition) is 0. The molecule has 2 aliphatic rings. The Morgan fingerprint density at radius 1 is 0.975 bits per heavy atom. The van der Waals surface area contributed by atoms with Gasteiger partial charge in [-0.3, -0.25) is 4.79 Å². The minimum atomic E-state index is -4.47. The molecule has 1 aromatic heterocycles. The van der Waals surface area contributed by atoms with Crippen molar-refractivity contribution in [1.29, 1.82) is 0 Å². The third-order valence-corrected chi connectivity index (χ3v) is 7.44. The molecular weight excluding hydrogens is 591 g/mol. The van der Waals surface area contributed by atoms with Crippen LogP contribution in [0.1, 0.15) is 21.5 Å². The van der Waals surface area contributed by atoms with Gasteiger partial charge in [-0.2, -0.15) is 17.7 Å². The van der Waals surface area contributed by atoms with Crippen LogP contribution in [0.5, 0.6) is 23.0 Å². The van der Waals surface area contributed by atoms with Gasteiger partial charge in [-0.25, -0.2) is 0 Å². The van der Waals surface area contributed by atoms with E-state index in [1.165, 1.54) is 12.7 Å². The number of alkyl halides is 3. The first-order valence-corrected chi connectivity index (χ1v) is 12.4. The monoisotopic (exact) mass is 611 g/mol. The van der Waals surface area contributed by atoms with Crippen LogP contribution < -0.4 is 40.5 Å². The van der Waals surface area contributed by atoms with Crippen molar-refractivity contribution < 1.29 is 58.5 Å². The molecule has 4 aromatic carbocycles. The summed E-state index contributed by atoms with van der Waals surface area (Å²) in [7, 11) is 1.52. The number of aromatic nitrogens is 1. The van der Waals surface area contributed by atoms with Crippen LogP contribution >= 0.6 is 0 Å². The number of carbonyl (C=O) groups excluding carboxylic acids is 1. The van der Waals surface area contributed by atoms with Crippen molar-refractivity contribution in [3.05, 3.63) is 77.5 Å². The van der Waals surface area contributed by atoms with Crippen molar-refractivity contribution in [2.24, 2.45) is 0 Å². The van der Waals surface area contributed by atoms with Gasteiger partial charge in [-0.1, -0.05) is 12.1 Å². The Labute approximate surface area is 236 Å². The van der Waals surface area contributed by atoms with E-state index in [0.717, 1.165) is 81.2 Å². The van der Waals surface area contributed by atoms with Crippen LogP contribution in [-0.2, 0) is 19.1 Å². The summed E-state index contributed by atoms with van der Waals surface area (Å²) in [5.74, 6) is 1.94. The summed E-state index contributed by atoms with van der Waals surface area (Å²) in [5, 5.41) is 4.84. The quantitative estimate of drug-likeness (QED) is 0.174. The zero-order chi connectivity index (χ0) is 26.9. The molecule has 5 aromatic rings. The highest BCUT2D eigenvalue weighted by atomic mass is 79.9. The first kappa shape index (κ1) is 26.2. The van der Waals surface area contributed by atoms with Crippen LogP contribution in [0, 0.1) is 0 Å². The number of fused-ring (bicyclic) bond motifs is 4. The van der Waals surface area contributed by atoms with Crippen molar-refractivity contribution in [1.82, 2.24) is 0 Å². The zero-order valence-electron chi connectivity index (χ0n) is 21.1. The lowest BCUT2D eigenvalue weighted by atomic mass is 9.93. The SMILES string of the molecule is COc1ccc2c(c[n+]3c4c2ccc2c5c(cc(c24)CC3)OCO5)c1OCC(=O)c1ccc(C(F)(F)F)cc1.[Br-]. The number of ketones is 1. The summed E-state index contributed by atoms with van der Waals surface area (Å²) in [6, 6.07) is 14.0. The molecular formula is C30H21BrF3NO5. The largest absolute Gasteiger partial charge is 1.00 e. The van der Waals surface area contributed by atoms with Gasteiger partial charge in [-0.15, -0.1) is 0 Å². The van der Waals surface area contributed by atoms with Crippen molar-refractivity contribution >= 4 is 38.2 Å². The Hall–Kier alpha value is -4.05. The Kier molecular flexibility index (Phi) is 6.25. The Bertz CT molecular complexity index is 1840. The van der Waals surface area contributed by atoms with Crippen LogP contribution in [0.3, 0.4) is 0 Å². The molecule has 10 heteroatoms. The number of benzene rings is 4. The van der Waals surface area contributed by atoms with Gasteiger partial charge in [0.1, 0.15) is 0 Å². The van der Waals surface area contributed by atoms with Crippen LogP contribution in [0.15, 0.2) is 60.8 Å². The maximum absolute atomic E-state index is 12.9. The minimum Gasteiger partial charge on any atom is -1.00 e. The summed E-state index contributed by atoms with van der Waals surface area (Å²) in [5.41, 5.74) is 1.60. The number of carbonyl (C=O) groups is 1. The van der Waals surface area contributed by atoms with Gasteiger partial charge in [-0.05, 0) is 48.0 Å². The number of rotatable bonds is 5. The van der Waals surface area contributed by atoms with Crippen LogP contribution in [0.2, 0.25) is 0 Å². The van der Waals surface area contributed by atoms with Crippen LogP contribution in [0.25, 0.3) is 32.4 Å². The zero-order valence-corrected chi connectivity index (χ0v) is 22.7. The highest BCUT2D eigenvalue weighted by Crippen LogP contribution is 2.46. The van der Waals surface area contributed by atoms with Gasteiger partial charge in [0.2, 0.25) is 12.3 Å². The van der Waals surface area contributed by atoms with Crippen molar-refractivity contribution in [2.75, 3.05) is 20.5 Å². The van der Waals surface area contributed by atoms with Gasteiger partial charge >= 0.3 is 6.18 Å². The Morgan fingerprint density at radius 3 is 2.48 bits per heavy atom. The van der Waals surface area contributed by atoms with Gasteiger partial charge in [0.15, 0.2) is 48.1 Å².